The molecule has 2 aromatic heterocycles. The van der Waals surface area contributed by atoms with Gasteiger partial charge in [-0.2, -0.15) is 10.1 Å². The Morgan fingerprint density at radius 1 is 1.37 bits per heavy atom. The second-order valence-corrected chi connectivity index (χ2v) is 5.06. The molecule has 0 unspecified atom stereocenters. The van der Waals surface area contributed by atoms with Gasteiger partial charge in [-0.25, -0.2) is 0 Å². The van der Waals surface area contributed by atoms with Crippen LogP contribution in [0.25, 0.3) is 11.6 Å². The number of halogens is 1. The van der Waals surface area contributed by atoms with E-state index in [2.05, 4.69) is 20.6 Å². The van der Waals surface area contributed by atoms with Crippen LogP contribution in [0.2, 0.25) is 0 Å². The highest BCUT2D eigenvalue weighted by Crippen LogP contribution is 2.39. The number of nitrogens with zero attached hydrogens (tertiary/aromatic N) is 4. The quantitative estimate of drug-likeness (QED) is 0.901. The van der Waals surface area contributed by atoms with Crippen LogP contribution < -0.4 is 5.32 Å². The molecule has 102 valence electrons. The minimum Gasteiger partial charge on any atom is -0.332 e. The van der Waals surface area contributed by atoms with Gasteiger partial charge in [-0.1, -0.05) is 5.16 Å². The van der Waals surface area contributed by atoms with Crippen LogP contribution >= 0.6 is 12.4 Å². The standard InChI is InChI=1S/C12H15N5O.ClH/c1-17-9-4-5-13-6-8(9)10(15-17)12-14-11(16-18-12)7-2-3-7;/h7,13H,2-6H2,1H3;1H. The van der Waals surface area contributed by atoms with E-state index in [0.29, 0.717) is 11.8 Å². The minimum absolute atomic E-state index is 0. The summed E-state index contributed by atoms with van der Waals surface area (Å²) in [6.45, 7) is 1.84. The topological polar surface area (TPSA) is 68.8 Å². The lowest BCUT2D eigenvalue weighted by Crippen LogP contribution is -2.24. The summed E-state index contributed by atoms with van der Waals surface area (Å²) < 4.78 is 7.30. The molecule has 0 atom stereocenters. The summed E-state index contributed by atoms with van der Waals surface area (Å²) >= 11 is 0. The molecule has 1 fully saturated rings. The maximum Gasteiger partial charge on any atom is 0.278 e. The van der Waals surface area contributed by atoms with Crippen LogP contribution in [0, 0.1) is 0 Å². The van der Waals surface area contributed by atoms with E-state index in [-0.39, 0.29) is 12.4 Å². The van der Waals surface area contributed by atoms with Crippen LogP contribution in [-0.4, -0.2) is 26.5 Å². The summed E-state index contributed by atoms with van der Waals surface area (Å²) in [5, 5.41) is 12.0. The SMILES string of the molecule is Cl.Cn1nc(-c2nc(C3CC3)no2)c2c1CCNC2. The normalized spacial score (nSPS) is 17.9. The third kappa shape index (κ3) is 2.04. The van der Waals surface area contributed by atoms with Gasteiger partial charge in [0, 0.05) is 43.7 Å². The number of aryl methyl sites for hydroxylation is 1. The van der Waals surface area contributed by atoms with Crippen LogP contribution in [0.4, 0.5) is 0 Å². The summed E-state index contributed by atoms with van der Waals surface area (Å²) in [5.41, 5.74) is 3.32. The molecule has 0 spiro atoms. The summed E-state index contributed by atoms with van der Waals surface area (Å²) in [4.78, 5) is 4.48. The van der Waals surface area contributed by atoms with E-state index in [1.165, 1.54) is 24.1 Å². The van der Waals surface area contributed by atoms with E-state index in [0.717, 1.165) is 31.0 Å². The molecule has 0 radical (unpaired) electrons. The van der Waals surface area contributed by atoms with Gasteiger partial charge in [-0.3, -0.25) is 4.68 Å². The van der Waals surface area contributed by atoms with Crippen molar-refractivity contribution in [2.24, 2.45) is 7.05 Å². The first kappa shape index (κ1) is 12.6. The van der Waals surface area contributed by atoms with Gasteiger partial charge in [0.2, 0.25) is 0 Å². The monoisotopic (exact) mass is 281 g/mol. The van der Waals surface area contributed by atoms with Crippen molar-refractivity contribution in [2.75, 3.05) is 6.54 Å². The molecular formula is C12H16ClN5O. The molecule has 7 heteroatoms. The van der Waals surface area contributed by atoms with Crippen LogP contribution in [0.3, 0.4) is 0 Å². The first-order valence-corrected chi connectivity index (χ1v) is 6.42. The Morgan fingerprint density at radius 3 is 3.00 bits per heavy atom. The van der Waals surface area contributed by atoms with Crippen LogP contribution in [0.1, 0.15) is 35.8 Å². The van der Waals surface area contributed by atoms with Crippen LogP contribution in [0.5, 0.6) is 0 Å². The van der Waals surface area contributed by atoms with E-state index in [1.54, 1.807) is 0 Å². The van der Waals surface area contributed by atoms with Gasteiger partial charge in [-0.05, 0) is 12.8 Å². The predicted molar refractivity (Wildman–Crippen MR) is 71.1 cm³/mol. The van der Waals surface area contributed by atoms with Crippen LogP contribution in [-0.2, 0) is 20.0 Å². The van der Waals surface area contributed by atoms with Gasteiger partial charge in [0.25, 0.3) is 5.89 Å². The lowest BCUT2D eigenvalue weighted by Gasteiger charge is -2.13. The molecule has 0 amide bonds. The average Bonchev–Trinajstić information content (AvgIpc) is 3.04. The molecule has 19 heavy (non-hydrogen) atoms. The Balaban J connectivity index is 0.00000110. The van der Waals surface area contributed by atoms with Gasteiger partial charge < -0.3 is 9.84 Å². The molecule has 2 aromatic rings. The maximum atomic E-state index is 5.37. The highest BCUT2D eigenvalue weighted by molar-refractivity contribution is 5.85. The van der Waals surface area contributed by atoms with Crippen molar-refractivity contribution in [1.29, 1.82) is 0 Å². The number of rotatable bonds is 2. The predicted octanol–water partition coefficient (Wildman–Crippen LogP) is 1.42. The zero-order chi connectivity index (χ0) is 12.1. The molecule has 1 N–H and O–H groups in total. The van der Waals surface area contributed by atoms with Gasteiger partial charge in [-0.15, -0.1) is 12.4 Å². The zero-order valence-corrected chi connectivity index (χ0v) is 11.5. The van der Waals surface area contributed by atoms with Crippen molar-refractivity contribution in [3.63, 3.8) is 0 Å². The van der Waals surface area contributed by atoms with Gasteiger partial charge in [0.1, 0.15) is 0 Å². The van der Waals surface area contributed by atoms with Gasteiger partial charge in [0.05, 0.1) is 0 Å². The fraction of sp³-hybridized carbons (Fsp3) is 0.583. The third-order valence-electron chi connectivity index (χ3n) is 3.70. The van der Waals surface area contributed by atoms with Crippen molar-refractivity contribution in [2.45, 2.75) is 31.7 Å². The lowest BCUT2D eigenvalue weighted by molar-refractivity contribution is 0.420. The van der Waals surface area contributed by atoms with E-state index < -0.39 is 0 Å². The fourth-order valence-corrected chi connectivity index (χ4v) is 2.53. The molecule has 3 heterocycles. The number of aromatic nitrogens is 4. The Kier molecular flexibility index (Phi) is 3.06. The summed E-state index contributed by atoms with van der Waals surface area (Å²) in [6, 6.07) is 0. The third-order valence-corrected chi connectivity index (χ3v) is 3.70. The Morgan fingerprint density at radius 2 is 2.21 bits per heavy atom. The summed E-state index contributed by atoms with van der Waals surface area (Å²) in [7, 11) is 1.98. The smallest absolute Gasteiger partial charge is 0.278 e. The minimum atomic E-state index is 0. The number of hydrogen-bond donors (Lipinski definition) is 1. The summed E-state index contributed by atoms with van der Waals surface area (Å²) in [6.07, 6.45) is 3.37. The Labute approximate surface area is 117 Å². The largest absolute Gasteiger partial charge is 0.332 e. The van der Waals surface area contributed by atoms with Crippen molar-refractivity contribution in [3.05, 3.63) is 17.1 Å². The Hall–Kier alpha value is -1.40. The highest BCUT2D eigenvalue weighted by atomic mass is 35.5. The molecule has 0 bridgehead atoms. The molecule has 0 aromatic carbocycles. The zero-order valence-electron chi connectivity index (χ0n) is 10.7. The molecule has 2 aliphatic rings. The second-order valence-electron chi connectivity index (χ2n) is 5.06. The van der Waals surface area contributed by atoms with Crippen molar-refractivity contribution in [3.8, 4) is 11.6 Å². The van der Waals surface area contributed by atoms with Crippen molar-refractivity contribution < 1.29 is 4.52 Å². The first-order chi connectivity index (χ1) is 8.83. The Bertz CT molecular complexity index is 601. The van der Waals surface area contributed by atoms with Crippen molar-refractivity contribution >= 4 is 12.4 Å². The molecule has 1 aliphatic heterocycles. The highest BCUT2D eigenvalue weighted by Gasteiger charge is 2.30. The number of fused-ring (bicyclic) bond motifs is 1. The summed E-state index contributed by atoms with van der Waals surface area (Å²) in [5.74, 6) is 1.92. The van der Waals surface area contributed by atoms with Crippen LogP contribution in [0.15, 0.2) is 4.52 Å². The fourth-order valence-electron chi connectivity index (χ4n) is 2.53. The molecule has 1 aliphatic carbocycles. The van der Waals surface area contributed by atoms with Gasteiger partial charge in [0.15, 0.2) is 11.5 Å². The molecular weight excluding hydrogens is 266 g/mol. The number of nitrogens with one attached hydrogen (secondary N) is 1. The second kappa shape index (κ2) is 4.61. The molecule has 0 saturated heterocycles. The number of hydrogen-bond acceptors (Lipinski definition) is 5. The van der Waals surface area contributed by atoms with E-state index in [1.807, 2.05) is 11.7 Å². The van der Waals surface area contributed by atoms with Crippen molar-refractivity contribution in [1.82, 2.24) is 25.2 Å². The van der Waals surface area contributed by atoms with Gasteiger partial charge >= 0.3 is 0 Å². The molecule has 6 nitrogen and oxygen atoms in total. The molecule has 4 rings (SSSR count). The molecule has 1 saturated carbocycles. The van der Waals surface area contributed by atoms with E-state index >= 15 is 0 Å². The first-order valence-electron chi connectivity index (χ1n) is 6.42. The van der Waals surface area contributed by atoms with E-state index in [4.69, 9.17) is 4.52 Å². The van der Waals surface area contributed by atoms with E-state index in [9.17, 15) is 0 Å². The maximum absolute atomic E-state index is 5.37. The average molecular weight is 282 g/mol. The lowest BCUT2D eigenvalue weighted by atomic mass is 10.1.